The zero-order chi connectivity index (χ0) is 14.5. The van der Waals surface area contributed by atoms with Gasteiger partial charge in [-0.15, -0.1) is 0 Å². The van der Waals surface area contributed by atoms with E-state index in [1.54, 1.807) is 7.11 Å². The van der Waals surface area contributed by atoms with Crippen molar-refractivity contribution in [1.82, 2.24) is 10.2 Å². The molecule has 0 amide bonds. The number of hydrogen-bond donors (Lipinski definition) is 1. The van der Waals surface area contributed by atoms with Crippen molar-refractivity contribution in [1.29, 1.82) is 0 Å². The van der Waals surface area contributed by atoms with Crippen molar-refractivity contribution in [3.63, 3.8) is 0 Å². The molecule has 116 valence electrons. The number of hydrogen-bond acceptors (Lipinski definition) is 4. The fourth-order valence-corrected chi connectivity index (χ4v) is 3.06. The summed E-state index contributed by atoms with van der Waals surface area (Å²) in [5, 5.41) is 3.70. The smallest absolute Gasteiger partial charge is 0.161 e. The van der Waals surface area contributed by atoms with Crippen molar-refractivity contribution in [3.8, 4) is 11.5 Å². The summed E-state index contributed by atoms with van der Waals surface area (Å²) < 4.78 is 11.2. The Labute approximate surface area is 127 Å². The topological polar surface area (TPSA) is 33.7 Å². The first-order chi connectivity index (χ1) is 10.4. The Kier molecular flexibility index (Phi) is 4.99. The van der Waals surface area contributed by atoms with Gasteiger partial charge in [-0.05, 0) is 50.4 Å². The third kappa shape index (κ3) is 4.11. The number of ether oxygens (including phenoxy) is 2. The van der Waals surface area contributed by atoms with E-state index < -0.39 is 0 Å². The summed E-state index contributed by atoms with van der Waals surface area (Å²) in [6.45, 7) is 5.21. The highest BCUT2D eigenvalue weighted by Crippen LogP contribution is 2.33. The number of nitrogens with one attached hydrogen (secondary N) is 1. The lowest BCUT2D eigenvalue weighted by Gasteiger charge is -2.24. The van der Waals surface area contributed by atoms with Gasteiger partial charge in [-0.2, -0.15) is 0 Å². The molecule has 1 aromatic carbocycles. The van der Waals surface area contributed by atoms with Gasteiger partial charge >= 0.3 is 0 Å². The quantitative estimate of drug-likeness (QED) is 0.870. The van der Waals surface area contributed by atoms with Gasteiger partial charge in [0, 0.05) is 19.1 Å². The predicted octanol–water partition coefficient (Wildman–Crippen LogP) is 2.15. The van der Waals surface area contributed by atoms with Crippen molar-refractivity contribution in [2.45, 2.75) is 25.3 Å². The van der Waals surface area contributed by atoms with Crippen molar-refractivity contribution in [2.24, 2.45) is 5.92 Å². The SMILES string of the molecule is COc1ccccc1OCCN1CCCNC(C2CC2)C1. The summed E-state index contributed by atoms with van der Waals surface area (Å²) in [6, 6.07) is 8.55. The highest BCUT2D eigenvalue weighted by atomic mass is 16.5. The molecule has 2 aliphatic rings. The molecule has 1 unspecified atom stereocenters. The summed E-state index contributed by atoms with van der Waals surface area (Å²) >= 11 is 0. The Morgan fingerprint density at radius 2 is 2.05 bits per heavy atom. The van der Waals surface area contributed by atoms with Gasteiger partial charge in [0.15, 0.2) is 11.5 Å². The minimum Gasteiger partial charge on any atom is -0.493 e. The van der Waals surface area contributed by atoms with E-state index in [4.69, 9.17) is 9.47 Å². The van der Waals surface area contributed by atoms with Crippen molar-refractivity contribution < 1.29 is 9.47 Å². The van der Waals surface area contributed by atoms with Crippen LogP contribution in [0.25, 0.3) is 0 Å². The van der Waals surface area contributed by atoms with E-state index in [9.17, 15) is 0 Å². The maximum absolute atomic E-state index is 5.90. The van der Waals surface area contributed by atoms with Gasteiger partial charge in [0.2, 0.25) is 0 Å². The van der Waals surface area contributed by atoms with Crippen LogP contribution in [-0.4, -0.2) is 50.8 Å². The minimum absolute atomic E-state index is 0.693. The average Bonchev–Trinajstić information content (AvgIpc) is 3.34. The summed E-state index contributed by atoms with van der Waals surface area (Å²) in [5.41, 5.74) is 0. The molecule has 1 aromatic rings. The lowest BCUT2D eigenvalue weighted by Crippen LogP contribution is -2.40. The normalized spacial score (nSPS) is 23.6. The molecule has 1 atom stereocenters. The molecule has 4 nitrogen and oxygen atoms in total. The molecule has 1 saturated heterocycles. The molecule has 1 saturated carbocycles. The van der Waals surface area contributed by atoms with Crippen molar-refractivity contribution >= 4 is 0 Å². The van der Waals surface area contributed by atoms with Crippen LogP contribution in [0.2, 0.25) is 0 Å². The van der Waals surface area contributed by atoms with Gasteiger partial charge in [-0.1, -0.05) is 12.1 Å². The van der Waals surface area contributed by atoms with E-state index in [1.165, 1.54) is 32.4 Å². The van der Waals surface area contributed by atoms with Crippen LogP contribution in [0.5, 0.6) is 11.5 Å². The molecule has 1 aliphatic heterocycles. The molecule has 0 radical (unpaired) electrons. The lowest BCUT2D eigenvalue weighted by atomic mass is 10.2. The predicted molar refractivity (Wildman–Crippen MR) is 84.1 cm³/mol. The molecule has 1 heterocycles. The molecule has 3 rings (SSSR count). The van der Waals surface area contributed by atoms with Gasteiger partial charge in [0.25, 0.3) is 0 Å². The lowest BCUT2D eigenvalue weighted by molar-refractivity contribution is 0.198. The van der Waals surface area contributed by atoms with E-state index >= 15 is 0 Å². The minimum atomic E-state index is 0.693. The highest BCUT2D eigenvalue weighted by molar-refractivity contribution is 5.39. The maximum Gasteiger partial charge on any atom is 0.161 e. The van der Waals surface area contributed by atoms with E-state index in [1.807, 2.05) is 24.3 Å². The average molecular weight is 290 g/mol. The largest absolute Gasteiger partial charge is 0.493 e. The van der Waals surface area contributed by atoms with Crippen LogP contribution in [0.4, 0.5) is 0 Å². The van der Waals surface area contributed by atoms with Gasteiger partial charge in [-0.25, -0.2) is 0 Å². The van der Waals surface area contributed by atoms with E-state index in [-0.39, 0.29) is 0 Å². The molecule has 0 spiro atoms. The fraction of sp³-hybridized carbons (Fsp3) is 0.647. The third-order valence-corrected chi connectivity index (χ3v) is 4.44. The number of benzene rings is 1. The van der Waals surface area contributed by atoms with Gasteiger partial charge in [0.1, 0.15) is 6.61 Å². The second-order valence-electron chi connectivity index (χ2n) is 6.05. The van der Waals surface area contributed by atoms with Crippen LogP contribution < -0.4 is 14.8 Å². The zero-order valence-electron chi connectivity index (χ0n) is 12.9. The summed E-state index contributed by atoms with van der Waals surface area (Å²) in [5.74, 6) is 2.57. The standard InChI is InChI=1S/C17H26N2O2/c1-20-16-5-2-3-6-17(16)21-12-11-19-10-4-9-18-15(13-19)14-7-8-14/h2-3,5-6,14-15,18H,4,7-13H2,1H3. The van der Waals surface area contributed by atoms with Crippen molar-refractivity contribution in [2.75, 3.05) is 39.9 Å². The first kappa shape index (κ1) is 14.7. The maximum atomic E-state index is 5.90. The number of nitrogens with zero attached hydrogens (tertiary/aromatic N) is 1. The molecule has 1 aliphatic carbocycles. The fourth-order valence-electron chi connectivity index (χ4n) is 3.06. The van der Waals surface area contributed by atoms with Gasteiger partial charge < -0.3 is 14.8 Å². The molecule has 0 aromatic heterocycles. The molecule has 21 heavy (non-hydrogen) atoms. The Morgan fingerprint density at radius 3 is 2.81 bits per heavy atom. The number of methoxy groups -OCH3 is 1. The van der Waals surface area contributed by atoms with E-state index in [2.05, 4.69) is 10.2 Å². The zero-order valence-corrected chi connectivity index (χ0v) is 12.9. The summed E-state index contributed by atoms with van der Waals surface area (Å²) in [4.78, 5) is 2.54. The van der Waals surface area contributed by atoms with Crippen LogP contribution >= 0.6 is 0 Å². The summed E-state index contributed by atoms with van der Waals surface area (Å²) in [7, 11) is 1.68. The van der Waals surface area contributed by atoms with E-state index in [0.717, 1.165) is 37.1 Å². The second-order valence-corrected chi connectivity index (χ2v) is 6.05. The Hall–Kier alpha value is -1.26. The molecule has 2 fully saturated rings. The number of para-hydroxylation sites is 2. The van der Waals surface area contributed by atoms with Gasteiger partial charge in [0.05, 0.1) is 7.11 Å². The van der Waals surface area contributed by atoms with Crippen LogP contribution in [0.1, 0.15) is 19.3 Å². The molecule has 4 heteroatoms. The highest BCUT2D eigenvalue weighted by Gasteiger charge is 2.32. The summed E-state index contributed by atoms with van der Waals surface area (Å²) in [6.07, 6.45) is 4.05. The Bertz CT molecular complexity index is 448. The van der Waals surface area contributed by atoms with Crippen LogP contribution in [-0.2, 0) is 0 Å². The molecular formula is C17H26N2O2. The van der Waals surface area contributed by atoms with Crippen LogP contribution in [0, 0.1) is 5.92 Å². The van der Waals surface area contributed by atoms with E-state index in [0.29, 0.717) is 6.04 Å². The van der Waals surface area contributed by atoms with Crippen molar-refractivity contribution in [3.05, 3.63) is 24.3 Å². The molecule has 0 bridgehead atoms. The van der Waals surface area contributed by atoms with Crippen LogP contribution in [0.3, 0.4) is 0 Å². The van der Waals surface area contributed by atoms with Gasteiger partial charge in [-0.3, -0.25) is 4.90 Å². The first-order valence-electron chi connectivity index (χ1n) is 8.08. The molecule has 1 N–H and O–H groups in total. The molecular weight excluding hydrogens is 264 g/mol. The third-order valence-electron chi connectivity index (χ3n) is 4.44. The monoisotopic (exact) mass is 290 g/mol. The second kappa shape index (κ2) is 7.14. The Morgan fingerprint density at radius 1 is 1.24 bits per heavy atom. The first-order valence-corrected chi connectivity index (χ1v) is 8.08. The van der Waals surface area contributed by atoms with Crippen LogP contribution in [0.15, 0.2) is 24.3 Å². The Balaban J connectivity index is 1.47. The number of rotatable bonds is 6.